The molecule has 0 aromatic carbocycles. The van der Waals surface area contributed by atoms with Crippen LogP contribution in [0.25, 0.3) is 0 Å². The molecule has 1 aliphatic rings. The van der Waals surface area contributed by atoms with Crippen LogP contribution in [0, 0.1) is 5.92 Å². The van der Waals surface area contributed by atoms with Gasteiger partial charge in [0.25, 0.3) is 5.91 Å². The Morgan fingerprint density at radius 3 is 2.88 bits per heavy atom. The summed E-state index contributed by atoms with van der Waals surface area (Å²) in [6.45, 7) is 0.665. The van der Waals surface area contributed by atoms with Crippen LogP contribution in [0.3, 0.4) is 0 Å². The molecule has 0 atom stereocenters. The van der Waals surface area contributed by atoms with Crippen molar-refractivity contribution in [3.05, 3.63) is 34.2 Å². The molecule has 2 N–H and O–H groups in total. The van der Waals surface area contributed by atoms with Crippen molar-refractivity contribution in [2.24, 2.45) is 5.92 Å². The van der Waals surface area contributed by atoms with Crippen molar-refractivity contribution in [1.29, 1.82) is 0 Å². The summed E-state index contributed by atoms with van der Waals surface area (Å²) in [4.78, 5) is 25.9. The van der Waals surface area contributed by atoms with Crippen LogP contribution in [0.1, 0.15) is 42.5 Å². The van der Waals surface area contributed by atoms with E-state index in [4.69, 9.17) is 0 Å². The Labute approximate surface area is 100 Å². The van der Waals surface area contributed by atoms with Gasteiger partial charge in [-0.3, -0.25) is 9.59 Å². The van der Waals surface area contributed by atoms with Crippen LogP contribution in [-0.4, -0.2) is 17.4 Å². The fraction of sp³-hybridized carbons (Fsp3) is 0.538. The molecule has 4 heteroatoms. The number of nitrogens with one attached hydrogen (secondary N) is 2. The lowest BCUT2D eigenvalue weighted by molar-refractivity contribution is 0.0950. The minimum absolute atomic E-state index is 0.193. The van der Waals surface area contributed by atoms with E-state index in [2.05, 4.69) is 10.3 Å². The van der Waals surface area contributed by atoms with Gasteiger partial charge >= 0.3 is 0 Å². The van der Waals surface area contributed by atoms with Crippen LogP contribution in [-0.2, 0) is 0 Å². The van der Waals surface area contributed by atoms with Crippen LogP contribution in [0.4, 0.5) is 0 Å². The lowest BCUT2D eigenvalue weighted by Crippen LogP contribution is -2.29. The SMILES string of the molecule is O=C(NCCC1CCCC1)c1c[nH]ccc1=O. The third-order valence-electron chi connectivity index (χ3n) is 3.38. The molecule has 1 saturated carbocycles. The Morgan fingerprint density at radius 1 is 1.41 bits per heavy atom. The monoisotopic (exact) mass is 234 g/mol. The molecule has 2 rings (SSSR count). The molecule has 0 saturated heterocycles. The highest BCUT2D eigenvalue weighted by atomic mass is 16.2. The summed E-state index contributed by atoms with van der Waals surface area (Å²) < 4.78 is 0. The predicted molar refractivity (Wildman–Crippen MR) is 66.0 cm³/mol. The number of hydrogen-bond donors (Lipinski definition) is 2. The van der Waals surface area contributed by atoms with Crippen LogP contribution in [0.5, 0.6) is 0 Å². The molecule has 92 valence electrons. The number of carbonyl (C=O) groups excluding carboxylic acids is 1. The molecule has 1 heterocycles. The van der Waals surface area contributed by atoms with Crippen molar-refractivity contribution in [1.82, 2.24) is 10.3 Å². The highest BCUT2D eigenvalue weighted by molar-refractivity contribution is 5.93. The number of hydrogen-bond acceptors (Lipinski definition) is 2. The normalized spacial score (nSPS) is 16.0. The van der Waals surface area contributed by atoms with Crippen molar-refractivity contribution in [3.63, 3.8) is 0 Å². The van der Waals surface area contributed by atoms with E-state index < -0.39 is 0 Å². The highest BCUT2D eigenvalue weighted by Gasteiger charge is 2.15. The maximum Gasteiger partial charge on any atom is 0.256 e. The zero-order valence-corrected chi connectivity index (χ0v) is 9.87. The van der Waals surface area contributed by atoms with Crippen LogP contribution >= 0.6 is 0 Å². The number of aromatic amines is 1. The third-order valence-corrected chi connectivity index (χ3v) is 3.38. The van der Waals surface area contributed by atoms with E-state index in [0.29, 0.717) is 6.54 Å². The average molecular weight is 234 g/mol. The van der Waals surface area contributed by atoms with Gasteiger partial charge in [-0.1, -0.05) is 25.7 Å². The van der Waals surface area contributed by atoms with Gasteiger partial charge in [-0.25, -0.2) is 0 Å². The Bertz CT molecular complexity index is 433. The van der Waals surface area contributed by atoms with E-state index >= 15 is 0 Å². The summed E-state index contributed by atoms with van der Waals surface area (Å²) in [6, 6.07) is 1.37. The molecule has 1 fully saturated rings. The van der Waals surface area contributed by atoms with E-state index in [1.807, 2.05) is 0 Å². The van der Waals surface area contributed by atoms with Gasteiger partial charge in [0, 0.05) is 25.0 Å². The maximum atomic E-state index is 11.7. The van der Waals surface area contributed by atoms with Gasteiger partial charge in [-0.2, -0.15) is 0 Å². The predicted octanol–water partition coefficient (Wildman–Crippen LogP) is 1.68. The standard InChI is InChI=1S/C13H18N2O2/c16-12-6-7-14-9-11(12)13(17)15-8-5-10-3-1-2-4-10/h6-7,9-10H,1-5,8H2,(H,14,16)(H,15,17). The fourth-order valence-corrected chi connectivity index (χ4v) is 2.38. The van der Waals surface area contributed by atoms with E-state index in [0.717, 1.165) is 12.3 Å². The first-order valence-corrected chi connectivity index (χ1v) is 6.22. The minimum atomic E-state index is -0.273. The van der Waals surface area contributed by atoms with Crippen molar-refractivity contribution < 1.29 is 4.79 Å². The molecule has 1 amide bonds. The van der Waals surface area contributed by atoms with Gasteiger partial charge in [-0.05, 0) is 12.3 Å². The maximum absolute atomic E-state index is 11.7. The summed E-state index contributed by atoms with van der Waals surface area (Å²) >= 11 is 0. The second kappa shape index (κ2) is 5.66. The number of H-pyrrole nitrogens is 1. The molecule has 17 heavy (non-hydrogen) atoms. The van der Waals surface area contributed by atoms with Crippen molar-refractivity contribution in [3.8, 4) is 0 Å². The lowest BCUT2D eigenvalue weighted by atomic mass is 10.0. The van der Waals surface area contributed by atoms with E-state index in [9.17, 15) is 9.59 Å². The van der Waals surface area contributed by atoms with Gasteiger partial charge in [0.15, 0.2) is 5.43 Å². The largest absolute Gasteiger partial charge is 0.367 e. The molecule has 0 radical (unpaired) electrons. The molecule has 0 spiro atoms. The van der Waals surface area contributed by atoms with E-state index in [1.54, 1.807) is 0 Å². The molecule has 0 unspecified atom stereocenters. The Balaban J connectivity index is 1.81. The van der Waals surface area contributed by atoms with Gasteiger partial charge in [-0.15, -0.1) is 0 Å². The number of amides is 1. The first-order valence-electron chi connectivity index (χ1n) is 6.22. The summed E-state index contributed by atoms with van der Waals surface area (Å²) in [7, 11) is 0. The first kappa shape index (κ1) is 11.9. The zero-order chi connectivity index (χ0) is 12.1. The summed E-state index contributed by atoms with van der Waals surface area (Å²) in [5.74, 6) is 0.481. The van der Waals surface area contributed by atoms with E-state index in [-0.39, 0.29) is 16.9 Å². The average Bonchev–Trinajstić information content (AvgIpc) is 2.82. The van der Waals surface area contributed by atoms with Crippen molar-refractivity contribution >= 4 is 5.91 Å². The Kier molecular flexibility index (Phi) is 3.96. The molecule has 1 aromatic rings. The molecule has 4 nitrogen and oxygen atoms in total. The molecule has 0 bridgehead atoms. The fourth-order valence-electron chi connectivity index (χ4n) is 2.38. The second-order valence-electron chi connectivity index (χ2n) is 4.62. The summed E-state index contributed by atoms with van der Waals surface area (Å²) in [5.41, 5.74) is -0.0407. The smallest absolute Gasteiger partial charge is 0.256 e. The van der Waals surface area contributed by atoms with E-state index in [1.165, 1.54) is 44.1 Å². The van der Waals surface area contributed by atoms with Gasteiger partial charge < -0.3 is 10.3 Å². The zero-order valence-electron chi connectivity index (χ0n) is 9.87. The topological polar surface area (TPSA) is 62.0 Å². The van der Waals surface area contributed by atoms with Crippen LogP contribution in [0.2, 0.25) is 0 Å². The third kappa shape index (κ3) is 3.19. The lowest BCUT2D eigenvalue weighted by Gasteiger charge is -2.09. The van der Waals surface area contributed by atoms with Crippen LogP contribution in [0.15, 0.2) is 23.3 Å². The number of carbonyl (C=O) groups is 1. The van der Waals surface area contributed by atoms with Gasteiger partial charge in [0.1, 0.15) is 5.56 Å². The Hall–Kier alpha value is -1.58. The van der Waals surface area contributed by atoms with Crippen molar-refractivity contribution in [2.45, 2.75) is 32.1 Å². The number of rotatable bonds is 4. The van der Waals surface area contributed by atoms with Gasteiger partial charge in [0.05, 0.1) is 0 Å². The van der Waals surface area contributed by atoms with Crippen LogP contribution < -0.4 is 10.7 Å². The Morgan fingerprint density at radius 2 is 2.18 bits per heavy atom. The summed E-state index contributed by atoms with van der Waals surface area (Å²) in [5, 5.41) is 2.81. The van der Waals surface area contributed by atoms with Crippen molar-refractivity contribution in [2.75, 3.05) is 6.54 Å². The molecule has 0 aliphatic heterocycles. The second-order valence-corrected chi connectivity index (χ2v) is 4.62. The molecular formula is C13H18N2O2. The molecule has 1 aromatic heterocycles. The molecular weight excluding hydrogens is 216 g/mol. The molecule has 1 aliphatic carbocycles. The van der Waals surface area contributed by atoms with Gasteiger partial charge in [0.2, 0.25) is 0 Å². The minimum Gasteiger partial charge on any atom is -0.367 e. The summed E-state index contributed by atoms with van der Waals surface area (Å²) in [6.07, 6.45) is 9.19. The number of pyridine rings is 1. The first-order chi connectivity index (χ1) is 8.27. The highest BCUT2D eigenvalue weighted by Crippen LogP contribution is 2.26. The quantitative estimate of drug-likeness (QED) is 0.832. The number of aromatic nitrogens is 1.